The number of hydrogen-bond acceptors (Lipinski definition) is 4. The minimum absolute atomic E-state index is 0.202. The van der Waals surface area contributed by atoms with Gasteiger partial charge < -0.3 is 14.5 Å². The van der Waals surface area contributed by atoms with Gasteiger partial charge in [0, 0.05) is 18.5 Å². The Balaban J connectivity index is 1.59. The Morgan fingerprint density at radius 1 is 1.30 bits per heavy atom. The fourth-order valence-electron chi connectivity index (χ4n) is 3.14. The van der Waals surface area contributed by atoms with Gasteiger partial charge in [-0.3, -0.25) is 4.79 Å². The smallest absolute Gasteiger partial charge is 0.293 e. The van der Waals surface area contributed by atoms with Gasteiger partial charge in [-0.2, -0.15) is 0 Å². The molecule has 4 rings (SSSR count). The van der Waals surface area contributed by atoms with Crippen molar-refractivity contribution >= 4 is 5.91 Å². The summed E-state index contributed by atoms with van der Waals surface area (Å²) in [7, 11) is 0. The molecule has 2 heterocycles. The van der Waals surface area contributed by atoms with Crippen molar-refractivity contribution < 1.29 is 18.8 Å². The standard InChI is InChI=1S/C17H17FN2O3/c18-12-5-3-11(4-6-12)15-7-13(21)9-20(15)17(22)16-8-14(19-23-16)10-1-2-10/h3-6,8,10,13,15,21H,1-2,7,9H2. The van der Waals surface area contributed by atoms with Crippen LogP contribution in [-0.4, -0.2) is 33.7 Å². The van der Waals surface area contributed by atoms with Crippen LogP contribution in [0.1, 0.15) is 53.0 Å². The monoisotopic (exact) mass is 316 g/mol. The molecule has 1 saturated carbocycles. The van der Waals surface area contributed by atoms with E-state index in [0.29, 0.717) is 12.3 Å². The predicted octanol–water partition coefficient (Wildman–Crippen LogP) is 2.64. The first-order valence-electron chi connectivity index (χ1n) is 7.83. The van der Waals surface area contributed by atoms with Crippen molar-refractivity contribution in [3.05, 3.63) is 53.2 Å². The molecule has 2 aromatic rings. The number of halogens is 1. The number of carbonyl (C=O) groups is 1. The van der Waals surface area contributed by atoms with E-state index in [4.69, 9.17) is 4.52 Å². The fourth-order valence-corrected chi connectivity index (χ4v) is 3.14. The van der Waals surface area contributed by atoms with Gasteiger partial charge in [-0.15, -0.1) is 0 Å². The second-order valence-electron chi connectivity index (χ2n) is 6.30. The zero-order valence-corrected chi connectivity index (χ0v) is 12.5. The first kappa shape index (κ1) is 14.4. The normalized spacial score (nSPS) is 24.2. The van der Waals surface area contributed by atoms with Crippen molar-refractivity contribution in [1.82, 2.24) is 10.1 Å². The topological polar surface area (TPSA) is 66.6 Å². The van der Waals surface area contributed by atoms with Crippen LogP contribution in [0.25, 0.3) is 0 Å². The maximum absolute atomic E-state index is 13.1. The lowest BCUT2D eigenvalue weighted by Crippen LogP contribution is -2.31. The largest absolute Gasteiger partial charge is 0.391 e. The fraction of sp³-hybridized carbons (Fsp3) is 0.412. The van der Waals surface area contributed by atoms with E-state index < -0.39 is 6.10 Å². The molecule has 120 valence electrons. The van der Waals surface area contributed by atoms with Crippen molar-refractivity contribution in [2.24, 2.45) is 0 Å². The van der Waals surface area contributed by atoms with Crippen LogP contribution in [0.2, 0.25) is 0 Å². The highest BCUT2D eigenvalue weighted by atomic mass is 19.1. The molecule has 23 heavy (non-hydrogen) atoms. The highest BCUT2D eigenvalue weighted by Gasteiger charge is 2.38. The molecule has 1 amide bonds. The second kappa shape index (κ2) is 5.45. The number of carbonyl (C=O) groups excluding carboxylic acids is 1. The Bertz CT molecular complexity index is 724. The number of aliphatic hydroxyl groups excluding tert-OH is 1. The third-order valence-electron chi connectivity index (χ3n) is 4.53. The van der Waals surface area contributed by atoms with E-state index in [-0.39, 0.29) is 30.1 Å². The van der Waals surface area contributed by atoms with Gasteiger partial charge in [0.2, 0.25) is 5.76 Å². The van der Waals surface area contributed by atoms with E-state index in [0.717, 1.165) is 24.1 Å². The average Bonchev–Trinajstić information content (AvgIpc) is 3.14. The lowest BCUT2D eigenvalue weighted by atomic mass is 10.0. The molecule has 1 saturated heterocycles. The summed E-state index contributed by atoms with van der Waals surface area (Å²) in [6.07, 6.45) is 2.00. The molecule has 0 bridgehead atoms. The molecule has 2 aliphatic rings. The van der Waals surface area contributed by atoms with E-state index in [1.807, 2.05) is 0 Å². The van der Waals surface area contributed by atoms with Crippen molar-refractivity contribution in [3.63, 3.8) is 0 Å². The minimum atomic E-state index is -0.597. The summed E-state index contributed by atoms with van der Waals surface area (Å²) in [5.41, 5.74) is 1.63. The van der Waals surface area contributed by atoms with Gasteiger partial charge in [-0.1, -0.05) is 17.3 Å². The maximum atomic E-state index is 13.1. The molecule has 2 fully saturated rings. The number of aliphatic hydroxyl groups is 1. The van der Waals surface area contributed by atoms with Gasteiger partial charge in [0.15, 0.2) is 0 Å². The molecule has 1 aliphatic heterocycles. The number of β-amino-alcohol motifs (C(OH)–C–C–N with tert-alkyl or cyclic N) is 1. The summed E-state index contributed by atoms with van der Waals surface area (Å²) in [5.74, 6) is 0.00947. The molecule has 2 atom stereocenters. The van der Waals surface area contributed by atoms with Gasteiger partial charge in [0.1, 0.15) is 5.82 Å². The second-order valence-corrected chi connectivity index (χ2v) is 6.30. The molecular weight excluding hydrogens is 299 g/mol. The summed E-state index contributed by atoms with van der Waals surface area (Å²) in [5, 5.41) is 13.9. The van der Waals surface area contributed by atoms with E-state index in [1.165, 1.54) is 12.1 Å². The number of benzene rings is 1. The van der Waals surface area contributed by atoms with Crippen LogP contribution < -0.4 is 0 Å². The van der Waals surface area contributed by atoms with Gasteiger partial charge in [0.05, 0.1) is 17.8 Å². The van der Waals surface area contributed by atoms with Crippen LogP contribution >= 0.6 is 0 Å². The maximum Gasteiger partial charge on any atom is 0.293 e. The molecule has 0 spiro atoms. The summed E-state index contributed by atoms with van der Waals surface area (Å²) in [4.78, 5) is 14.3. The van der Waals surface area contributed by atoms with Crippen molar-refractivity contribution in [2.75, 3.05) is 6.54 Å². The highest BCUT2D eigenvalue weighted by molar-refractivity contribution is 5.92. The zero-order chi connectivity index (χ0) is 16.0. The van der Waals surface area contributed by atoms with Crippen LogP contribution in [0, 0.1) is 5.82 Å². The molecular formula is C17H17FN2O3. The van der Waals surface area contributed by atoms with Crippen LogP contribution in [0.3, 0.4) is 0 Å². The van der Waals surface area contributed by atoms with E-state index in [1.54, 1.807) is 23.1 Å². The van der Waals surface area contributed by atoms with Crippen molar-refractivity contribution in [2.45, 2.75) is 37.3 Å². The number of hydrogen-bond donors (Lipinski definition) is 1. The van der Waals surface area contributed by atoms with Crippen LogP contribution in [-0.2, 0) is 0 Å². The SMILES string of the molecule is O=C(c1cc(C2CC2)no1)N1CC(O)CC1c1ccc(F)cc1. The molecule has 1 aliphatic carbocycles. The molecule has 1 aromatic heterocycles. The Kier molecular flexibility index (Phi) is 3.41. The summed E-state index contributed by atoms with van der Waals surface area (Å²) < 4.78 is 18.3. The molecule has 2 unspecified atom stereocenters. The lowest BCUT2D eigenvalue weighted by molar-refractivity contribution is 0.0674. The van der Waals surface area contributed by atoms with Crippen LogP contribution in [0.15, 0.2) is 34.9 Å². The van der Waals surface area contributed by atoms with E-state index in [2.05, 4.69) is 5.16 Å². The zero-order valence-electron chi connectivity index (χ0n) is 12.5. The van der Waals surface area contributed by atoms with Gasteiger partial charge in [-0.05, 0) is 37.0 Å². The Hall–Kier alpha value is -2.21. The molecule has 5 nitrogen and oxygen atoms in total. The van der Waals surface area contributed by atoms with E-state index in [9.17, 15) is 14.3 Å². The van der Waals surface area contributed by atoms with E-state index >= 15 is 0 Å². The molecule has 0 radical (unpaired) electrons. The van der Waals surface area contributed by atoms with Crippen LogP contribution in [0.5, 0.6) is 0 Å². The summed E-state index contributed by atoms with van der Waals surface area (Å²) in [6, 6.07) is 7.44. The Morgan fingerprint density at radius 3 is 2.74 bits per heavy atom. The summed E-state index contributed by atoms with van der Waals surface area (Å²) >= 11 is 0. The molecule has 1 N–H and O–H groups in total. The lowest BCUT2D eigenvalue weighted by Gasteiger charge is -2.23. The third kappa shape index (κ3) is 2.74. The van der Waals surface area contributed by atoms with Crippen molar-refractivity contribution in [3.8, 4) is 0 Å². The predicted molar refractivity (Wildman–Crippen MR) is 79.3 cm³/mol. The number of nitrogens with zero attached hydrogens (tertiary/aromatic N) is 2. The molecule has 1 aromatic carbocycles. The molecule has 6 heteroatoms. The van der Waals surface area contributed by atoms with Crippen LogP contribution in [0.4, 0.5) is 4.39 Å². The van der Waals surface area contributed by atoms with Gasteiger partial charge >= 0.3 is 0 Å². The minimum Gasteiger partial charge on any atom is -0.391 e. The quantitative estimate of drug-likeness (QED) is 0.945. The van der Waals surface area contributed by atoms with Gasteiger partial charge in [-0.25, -0.2) is 4.39 Å². The number of likely N-dealkylation sites (tertiary alicyclic amines) is 1. The number of rotatable bonds is 3. The third-order valence-corrected chi connectivity index (χ3v) is 4.53. The Morgan fingerprint density at radius 2 is 2.04 bits per heavy atom. The Labute approximate surface area is 132 Å². The average molecular weight is 316 g/mol. The first-order valence-corrected chi connectivity index (χ1v) is 7.83. The van der Waals surface area contributed by atoms with Crippen molar-refractivity contribution in [1.29, 1.82) is 0 Å². The highest BCUT2D eigenvalue weighted by Crippen LogP contribution is 2.40. The summed E-state index contributed by atoms with van der Waals surface area (Å²) in [6.45, 7) is 0.236. The number of amides is 1. The first-order chi connectivity index (χ1) is 11.1. The van der Waals surface area contributed by atoms with Gasteiger partial charge in [0.25, 0.3) is 5.91 Å². The number of aromatic nitrogens is 1.